The van der Waals surface area contributed by atoms with Gasteiger partial charge >= 0.3 is 7.12 Å². The number of hydrogen-bond donors (Lipinski definition) is 1. The molecular formula is C18H14BClN2O2S. The van der Waals surface area contributed by atoms with Gasteiger partial charge in [0.2, 0.25) is 0 Å². The van der Waals surface area contributed by atoms with Crippen molar-refractivity contribution in [3.05, 3.63) is 53.2 Å². The fraction of sp³-hybridized carbons (Fsp3) is 0.167. The standard InChI is InChI=1S/C18H14BClN2O2S/c20-13-3-5-17-15(8-13)18(25-7-1-6-21)10-22(17)14-4-2-12-11-24-19(23)16(12)9-14/h2-5,8-10,23H,1,7,11H2. The summed E-state index contributed by atoms with van der Waals surface area (Å²) in [4.78, 5) is 1.09. The maximum Gasteiger partial charge on any atom is 0.491 e. The number of rotatable bonds is 4. The first-order chi connectivity index (χ1) is 12.2. The van der Waals surface area contributed by atoms with Crippen molar-refractivity contribution in [3.63, 3.8) is 0 Å². The van der Waals surface area contributed by atoms with E-state index in [1.807, 2.05) is 36.4 Å². The number of fused-ring (bicyclic) bond motifs is 2. The van der Waals surface area contributed by atoms with Crippen LogP contribution in [-0.4, -0.2) is 22.5 Å². The molecule has 0 bridgehead atoms. The molecule has 124 valence electrons. The summed E-state index contributed by atoms with van der Waals surface area (Å²) in [6.45, 7) is 0.439. The van der Waals surface area contributed by atoms with Crippen molar-refractivity contribution in [3.8, 4) is 11.8 Å². The summed E-state index contributed by atoms with van der Waals surface area (Å²) in [5.74, 6) is 0.735. The molecule has 7 heteroatoms. The lowest BCUT2D eigenvalue weighted by Gasteiger charge is -2.08. The van der Waals surface area contributed by atoms with Crippen molar-refractivity contribution in [2.24, 2.45) is 0 Å². The minimum absolute atomic E-state index is 0.439. The van der Waals surface area contributed by atoms with E-state index in [9.17, 15) is 5.02 Å². The van der Waals surface area contributed by atoms with E-state index < -0.39 is 7.12 Å². The van der Waals surface area contributed by atoms with Gasteiger partial charge in [-0.05, 0) is 41.4 Å². The molecule has 1 aliphatic rings. The minimum Gasteiger partial charge on any atom is -0.423 e. The first kappa shape index (κ1) is 16.6. The molecule has 0 atom stereocenters. The van der Waals surface area contributed by atoms with E-state index in [2.05, 4.69) is 16.8 Å². The van der Waals surface area contributed by atoms with E-state index >= 15 is 0 Å². The number of aromatic nitrogens is 1. The van der Waals surface area contributed by atoms with Crippen LogP contribution in [-0.2, 0) is 11.3 Å². The summed E-state index contributed by atoms with van der Waals surface area (Å²) >= 11 is 7.83. The molecule has 3 aromatic rings. The first-order valence-electron chi connectivity index (χ1n) is 7.90. The van der Waals surface area contributed by atoms with Crippen LogP contribution in [0.4, 0.5) is 0 Å². The van der Waals surface area contributed by atoms with Crippen molar-refractivity contribution < 1.29 is 9.68 Å². The van der Waals surface area contributed by atoms with E-state index in [-0.39, 0.29) is 0 Å². The van der Waals surface area contributed by atoms with Crippen LogP contribution in [0.5, 0.6) is 0 Å². The maximum absolute atomic E-state index is 9.97. The van der Waals surface area contributed by atoms with Crippen molar-refractivity contribution in [1.82, 2.24) is 4.57 Å². The Kier molecular flexibility index (Phi) is 4.49. The fourth-order valence-corrected chi connectivity index (χ4v) is 4.14. The Balaban J connectivity index is 1.82. The highest BCUT2D eigenvalue weighted by Gasteiger charge is 2.27. The fourth-order valence-electron chi connectivity index (χ4n) is 3.06. The summed E-state index contributed by atoms with van der Waals surface area (Å²) in [7, 11) is -0.865. The molecule has 0 radical (unpaired) electrons. The number of benzene rings is 2. The highest BCUT2D eigenvalue weighted by atomic mass is 35.5. The highest BCUT2D eigenvalue weighted by molar-refractivity contribution is 7.99. The molecule has 1 aromatic heterocycles. The van der Waals surface area contributed by atoms with E-state index in [0.29, 0.717) is 18.1 Å². The largest absolute Gasteiger partial charge is 0.491 e. The summed E-state index contributed by atoms with van der Waals surface area (Å²) < 4.78 is 7.37. The molecule has 0 saturated carbocycles. The molecule has 0 spiro atoms. The van der Waals surface area contributed by atoms with Crippen LogP contribution < -0.4 is 5.46 Å². The molecule has 2 heterocycles. The third-order valence-corrected chi connectivity index (χ3v) is 5.55. The molecule has 4 rings (SSSR count). The second-order valence-electron chi connectivity index (χ2n) is 5.83. The monoisotopic (exact) mass is 368 g/mol. The molecule has 0 saturated heterocycles. The van der Waals surface area contributed by atoms with E-state index in [1.54, 1.807) is 11.8 Å². The Morgan fingerprint density at radius 1 is 1.32 bits per heavy atom. The molecule has 0 aliphatic carbocycles. The van der Waals surface area contributed by atoms with Crippen LogP contribution in [0.2, 0.25) is 5.02 Å². The Morgan fingerprint density at radius 2 is 2.20 bits per heavy atom. The van der Waals surface area contributed by atoms with E-state index in [0.717, 1.165) is 38.3 Å². The molecule has 1 N–H and O–H groups in total. The molecule has 1 aliphatic heterocycles. The van der Waals surface area contributed by atoms with Crippen molar-refractivity contribution in [2.45, 2.75) is 17.9 Å². The van der Waals surface area contributed by atoms with Crippen LogP contribution in [0.15, 0.2) is 47.5 Å². The topological polar surface area (TPSA) is 58.2 Å². The van der Waals surface area contributed by atoms with E-state index in [1.165, 1.54) is 0 Å². The molecule has 4 nitrogen and oxygen atoms in total. The summed E-state index contributed by atoms with van der Waals surface area (Å²) in [5.41, 5.74) is 3.83. The van der Waals surface area contributed by atoms with Crippen LogP contribution in [0, 0.1) is 11.3 Å². The van der Waals surface area contributed by atoms with Crippen LogP contribution in [0.25, 0.3) is 16.6 Å². The van der Waals surface area contributed by atoms with E-state index in [4.69, 9.17) is 21.5 Å². The van der Waals surface area contributed by atoms with Gasteiger partial charge in [0.1, 0.15) is 0 Å². The zero-order chi connectivity index (χ0) is 17.4. The Bertz CT molecular complexity index is 999. The predicted molar refractivity (Wildman–Crippen MR) is 102 cm³/mol. The molecule has 25 heavy (non-hydrogen) atoms. The number of halogens is 1. The first-order valence-corrected chi connectivity index (χ1v) is 9.27. The molecule has 0 amide bonds. The summed E-state index contributed by atoms with van der Waals surface area (Å²) in [5, 5.41) is 20.5. The quantitative estimate of drug-likeness (QED) is 0.435. The predicted octanol–water partition coefficient (Wildman–Crippen LogP) is 3.51. The Morgan fingerprint density at radius 3 is 3.04 bits per heavy atom. The average molecular weight is 369 g/mol. The normalized spacial score (nSPS) is 13.2. The van der Waals surface area contributed by atoms with Crippen LogP contribution in [0.1, 0.15) is 12.0 Å². The third kappa shape index (κ3) is 3.05. The van der Waals surface area contributed by atoms with Crippen molar-refractivity contribution >= 4 is 46.8 Å². The van der Waals surface area contributed by atoms with Crippen molar-refractivity contribution in [1.29, 1.82) is 5.26 Å². The zero-order valence-corrected chi connectivity index (χ0v) is 14.8. The van der Waals surface area contributed by atoms with Gasteiger partial charge in [-0.2, -0.15) is 5.26 Å². The van der Waals surface area contributed by atoms with Gasteiger partial charge in [0.25, 0.3) is 0 Å². The van der Waals surface area contributed by atoms with Crippen molar-refractivity contribution in [2.75, 3.05) is 5.75 Å². The maximum atomic E-state index is 9.97. The highest BCUT2D eigenvalue weighted by Crippen LogP contribution is 2.34. The Labute approximate surface area is 155 Å². The van der Waals surface area contributed by atoms with Gasteiger partial charge in [0.15, 0.2) is 0 Å². The second-order valence-corrected chi connectivity index (χ2v) is 7.40. The third-order valence-electron chi connectivity index (χ3n) is 4.27. The lowest BCUT2D eigenvalue weighted by atomic mass is 9.79. The number of thioether (sulfide) groups is 1. The zero-order valence-electron chi connectivity index (χ0n) is 13.3. The molecule has 0 unspecified atom stereocenters. The van der Waals surface area contributed by atoms with Gasteiger partial charge in [-0.3, -0.25) is 0 Å². The second kappa shape index (κ2) is 6.78. The number of nitriles is 1. The lowest BCUT2D eigenvalue weighted by molar-refractivity contribution is 0.275. The molecule has 0 fully saturated rings. The SMILES string of the molecule is N#CCCSc1cn(-c2ccc3c(c2)B(O)OC3)c2ccc(Cl)cc12. The summed E-state index contributed by atoms with van der Waals surface area (Å²) in [6, 6.07) is 14.0. The van der Waals surface area contributed by atoms with Gasteiger partial charge in [-0.15, -0.1) is 11.8 Å². The van der Waals surface area contributed by atoms with Gasteiger partial charge in [0.05, 0.1) is 18.2 Å². The molecule has 2 aromatic carbocycles. The van der Waals surface area contributed by atoms with Gasteiger partial charge in [-0.25, -0.2) is 0 Å². The number of hydrogen-bond acceptors (Lipinski definition) is 4. The van der Waals surface area contributed by atoms with Crippen LogP contribution >= 0.6 is 23.4 Å². The Hall–Kier alpha value is -1.91. The average Bonchev–Trinajstić information content (AvgIpc) is 3.16. The van der Waals surface area contributed by atoms with Gasteiger partial charge in [0, 0.05) is 39.4 Å². The van der Waals surface area contributed by atoms with Gasteiger partial charge < -0.3 is 14.2 Å². The van der Waals surface area contributed by atoms with Gasteiger partial charge in [-0.1, -0.05) is 17.7 Å². The lowest BCUT2D eigenvalue weighted by Crippen LogP contribution is -2.28. The smallest absolute Gasteiger partial charge is 0.423 e. The minimum atomic E-state index is -0.865. The summed E-state index contributed by atoms with van der Waals surface area (Å²) in [6.07, 6.45) is 2.56. The number of nitrogens with zero attached hydrogens (tertiary/aromatic N) is 2. The van der Waals surface area contributed by atoms with Crippen LogP contribution in [0.3, 0.4) is 0 Å². The molecular weight excluding hydrogens is 355 g/mol.